The Labute approximate surface area is 110 Å². The number of carbonyl (C=O) groups is 2. The predicted molar refractivity (Wildman–Crippen MR) is 65.9 cm³/mol. The van der Waals surface area contributed by atoms with Gasteiger partial charge in [0.05, 0.1) is 13.2 Å². The maximum Gasteiger partial charge on any atom is 0.268 e. The van der Waals surface area contributed by atoms with Crippen LogP contribution in [0.2, 0.25) is 0 Å². The van der Waals surface area contributed by atoms with Gasteiger partial charge in [0.1, 0.15) is 11.8 Å². The molecule has 0 saturated carbocycles. The van der Waals surface area contributed by atoms with Gasteiger partial charge in [-0.3, -0.25) is 14.8 Å². The molecule has 0 heterocycles. The fraction of sp³-hybridized carbons (Fsp3) is 0.333. The molecule has 19 heavy (non-hydrogen) atoms. The highest BCUT2D eigenvalue weighted by Crippen LogP contribution is 2.11. The van der Waals surface area contributed by atoms with Crippen LogP contribution >= 0.6 is 0 Å². The second kappa shape index (κ2) is 6.72. The Morgan fingerprint density at radius 3 is 2.26 bits per heavy atom. The Hall–Kier alpha value is -2.12. The molecule has 0 aromatic heterocycles. The third-order valence-electron chi connectivity index (χ3n) is 2.51. The van der Waals surface area contributed by atoms with Crippen LogP contribution in [-0.2, 0) is 4.79 Å². The highest BCUT2D eigenvalue weighted by atomic mass is 16.5. The summed E-state index contributed by atoms with van der Waals surface area (Å²) in [6, 6.07) is 4.99. The lowest BCUT2D eigenvalue weighted by atomic mass is 10.1. The molecule has 0 unspecified atom stereocenters. The zero-order valence-corrected chi connectivity index (χ0v) is 10.6. The number of ether oxygens (including phenoxy) is 1. The van der Waals surface area contributed by atoms with Gasteiger partial charge in [0.15, 0.2) is 0 Å². The van der Waals surface area contributed by atoms with E-state index in [1.807, 2.05) is 0 Å². The molecule has 1 rings (SSSR count). The van der Waals surface area contributed by atoms with Crippen molar-refractivity contribution in [2.45, 2.75) is 19.1 Å². The smallest absolute Gasteiger partial charge is 0.268 e. The molecule has 0 aliphatic carbocycles. The predicted octanol–water partition coefficient (Wildman–Crippen LogP) is -0.320. The van der Waals surface area contributed by atoms with Gasteiger partial charge < -0.3 is 15.2 Å². The number of hydroxylamine groups is 1. The highest BCUT2D eigenvalue weighted by Gasteiger charge is 2.25. The first kappa shape index (κ1) is 14.9. The lowest BCUT2D eigenvalue weighted by molar-refractivity contribution is -0.133. The van der Waals surface area contributed by atoms with Crippen molar-refractivity contribution in [3.8, 4) is 5.75 Å². The minimum Gasteiger partial charge on any atom is -0.497 e. The van der Waals surface area contributed by atoms with E-state index in [4.69, 9.17) is 9.94 Å². The van der Waals surface area contributed by atoms with Gasteiger partial charge in [0.2, 0.25) is 0 Å². The molecule has 2 atom stereocenters. The maximum atomic E-state index is 11.9. The highest BCUT2D eigenvalue weighted by molar-refractivity contribution is 5.97. The lowest BCUT2D eigenvalue weighted by Crippen LogP contribution is -2.51. The summed E-state index contributed by atoms with van der Waals surface area (Å²) in [5, 5.41) is 20.2. The van der Waals surface area contributed by atoms with E-state index in [0.29, 0.717) is 11.3 Å². The molecular weight excluding hydrogens is 252 g/mol. The zero-order valence-electron chi connectivity index (χ0n) is 10.6. The Kier molecular flexibility index (Phi) is 5.28. The number of aliphatic hydroxyl groups excluding tert-OH is 1. The summed E-state index contributed by atoms with van der Waals surface area (Å²) in [7, 11) is 1.50. The molecule has 1 aromatic rings. The molecule has 2 amide bonds. The average molecular weight is 268 g/mol. The fourth-order valence-corrected chi connectivity index (χ4v) is 1.44. The Morgan fingerprint density at radius 1 is 1.26 bits per heavy atom. The molecule has 104 valence electrons. The second-order valence-electron chi connectivity index (χ2n) is 3.90. The summed E-state index contributed by atoms with van der Waals surface area (Å²) in [5.74, 6) is -0.842. The summed E-state index contributed by atoms with van der Waals surface area (Å²) in [6.45, 7) is 1.33. The van der Waals surface area contributed by atoms with Crippen molar-refractivity contribution in [1.82, 2.24) is 10.8 Å². The third kappa shape index (κ3) is 3.94. The Morgan fingerprint density at radius 2 is 1.84 bits per heavy atom. The SMILES string of the molecule is COc1ccc(C(=O)N[C@H](C(=O)NO)[C@H](C)O)cc1. The number of hydrogen-bond donors (Lipinski definition) is 4. The third-order valence-corrected chi connectivity index (χ3v) is 2.51. The molecule has 0 spiro atoms. The minimum absolute atomic E-state index is 0.303. The number of hydrogen-bond acceptors (Lipinski definition) is 5. The van der Waals surface area contributed by atoms with Crippen LogP contribution in [0.5, 0.6) is 5.75 Å². The van der Waals surface area contributed by atoms with Crippen molar-refractivity contribution in [2.75, 3.05) is 7.11 Å². The quantitative estimate of drug-likeness (QED) is 0.432. The zero-order chi connectivity index (χ0) is 14.4. The first-order valence-corrected chi connectivity index (χ1v) is 5.56. The van der Waals surface area contributed by atoms with Gasteiger partial charge in [-0.05, 0) is 31.2 Å². The Balaban J connectivity index is 2.78. The summed E-state index contributed by atoms with van der Waals surface area (Å²) in [6.07, 6.45) is -1.14. The molecule has 0 fully saturated rings. The topological polar surface area (TPSA) is 108 Å². The number of nitrogens with one attached hydrogen (secondary N) is 2. The number of aliphatic hydroxyl groups is 1. The van der Waals surface area contributed by atoms with E-state index in [1.165, 1.54) is 31.6 Å². The van der Waals surface area contributed by atoms with E-state index in [0.717, 1.165) is 0 Å². The van der Waals surface area contributed by atoms with E-state index < -0.39 is 24.0 Å². The molecule has 1 aromatic carbocycles. The van der Waals surface area contributed by atoms with E-state index >= 15 is 0 Å². The molecule has 0 bridgehead atoms. The van der Waals surface area contributed by atoms with Crippen molar-refractivity contribution in [2.24, 2.45) is 0 Å². The molecule has 4 N–H and O–H groups in total. The number of amides is 2. The van der Waals surface area contributed by atoms with Crippen LogP contribution in [0.15, 0.2) is 24.3 Å². The van der Waals surface area contributed by atoms with Crippen LogP contribution in [0.25, 0.3) is 0 Å². The van der Waals surface area contributed by atoms with Crippen LogP contribution in [0.4, 0.5) is 0 Å². The van der Waals surface area contributed by atoms with Crippen molar-refractivity contribution in [3.05, 3.63) is 29.8 Å². The van der Waals surface area contributed by atoms with Crippen LogP contribution in [0, 0.1) is 0 Å². The van der Waals surface area contributed by atoms with Gasteiger partial charge in [0.25, 0.3) is 11.8 Å². The van der Waals surface area contributed by atoms with E-state index in [-0.39, 0.29) is 0 Å². The van der Waals surface area contributed by atoms with Gasteiger partial charge in [-0.2, -0.15) is 0 Å². The first-order chi connectivity index (χ1) is 8.99. The molecule has 7 nitrogen and oxygen atoms in total. The van der Waals surface area contributed by atoms with E-state index in [9.17, 15) is 14.7 Å². The van der Waals surface area contributed by atoms with E-state index in [2.05, 4.69) is 5.32 Å². The Bertz CT molecular complexity index is 444. The second-order valence-corrected chi connectivity index (χ2v) is 3.90. The maximum absolute atomic E-state index is 11.9. The van der Waals surface area contributed by atoms with Crippen molar-refractivity contribution in [3.63, 3.8) is 0 Å². The number of methoxy groups -OCH3 is 1. The van der Waals surface area contributed by atoms with E-state index in [1.54, 1.807) is 12.1 Å². The standard InChI is InChI=1S/C12H16N2O5/c1-7(15)10(12(17)14-18)13-11(16)8-3-5-9(19-2)6-4-8/h3-7,10,15,18H,1-2H3,(H,13,16)(H,14,17)/t7-,10-/m0/s1. The molecule has 0 saturated heterocycles. The van der Waals surface area contributed by atoms with Crippen molar-refractivity contribution in [1.29, 1.82) is 0 Å². The molecular formula is C12H16N2O5. The molecule has 0 aliphatic rings. The number of rotatable bonds is 5. The summed E-state index contributed by atoms with van der Waals surface area (Å²) in [4.78, 5) is 23.1. The van der Waals surface area contributed by atoms with Crippen molar-refractivity contribution >= 4 is 11.8 Å². The van der Waals surface area contributed by atoms with Gasteiger partial charge in [0, 0.05) is 5.56 Å². The average Bonchev–Trinajstić information content (AvgIpc) is 2.43. The monoisotopic (exact) mass is 268 g/mol. The molecule has 7 heteroatoms. The summed E-state index contributed by atoms with van der Waals surface area (Å²) >= 11 is 0. The lowest BCUT2D eigenvalue weighted by Gasteiger charge is -2.19. The van der Waals surface area contributed by atoms with Crippen LogP contribution in [0.1, 0.15) is 17.3 Å². The normalized spacial score (nSPS) is 13.3. The van der Waals surface area contributed by atoms with Gasteiger partial charge in [-0.15, -0.1) is 0 Å². The van der Waals surface area contributed by atoms with Crippen LogP contribution in [-0.4, -0.2) is 41.4 Å². The first-order valence-electron chi connectivity index (χ1n) is 5.56. The van der Waals surface area contributed by atoms with Gasteiger partial charge in [-0.1, -0.05) is 0 Å². The molecule has 0 aliphatic heterocycles. The van der Waals surface area contributed by atoms with Crippen molar-refractivity contribution < 1.29 is 24.6 Å². The van der Waals surface area contributed by atoms with Crippen LogP contribution < -0.4 is 15.5 Å². The number of benzene rings is 1. The summed E-state index contributed by atoms with van der Waals surface area (Å²) in [5.41, 5.74) is 1.69. The largest absolute Gasteiger partial charge is 0.497 e. The van der Waals surface area contributed by atoms with Gasteiger partial charge >= 0.3 is 0 Å². The molecule has 0 radical (unpaired) electrons. The van der Waals surface area contributed by atoms with Crippen LogP contribution in [0.3, 0.4) is 0 Å². The summed E-state index contributed by atoms with van der Waals surface area (Å²) < 4.78 is 4.95. The van der Waals surface area contributed by atoms with Gasteiger partial charge in [-0.25, -0.2) is 5.48 Å². The minimum atomic E-state index is -1.24. The fourth-order valence-electron chi connectivity index (χ4n) is 1.44. The number of carbonyl (C=O) groups excluding carboxylic acids is 2.